The van der Waals surface area contributed by atoms with Gasteiger partial charge in [0.15, 0.2) is 0 Å². The van der Waals surface area contributed by atoms with Gasteiger partial charge in [0.1, 0.15) is 0 Å². The van der Waals surface area contributed by atoms with Crippen molar-refractivity contribution in [2.24, 2.45) is 0 Å². The molecule has 1 unspecified atom stereocenters. The molecule has 4 heteroatoms. The molecule has 0 aromatic rings. The fourth-order valence-electron chi connectivity index (χ4n) is 1.90. The zero-order chi connectivity index (χ0) is 12.0. The van der Waals surface area contributed by atoms with Crippen molar-refractivity contribution in [2.75, 3.05) is 33.3 Å². The number of allylic oxidation sites excluding steroid dienone is 1. The second-order valence-electron chi connectivity index (χ2n) is 4.10. The Bertz CT molecular complexity index is 262. The Morgan fingerprint density at radius 2 is 2.38 bits per heavy atom. The smallest absolute Gasteiger partial charge is 0.249 e. The van der Waals surface area contributed by atoms with Crippen LogP contribution in [0, 0.1) is 0 Å². The molecule has 0 saturated carbocycles. The zero-order valence-electron chi connectivity index (χ0n) is 10.5. The molecule has 92 valence electrons. The van der Waals surface area contributed by atoms with Gasteiger partial charge < -0.3 is 15.0 Å². The lowest BCUT2D eigenvalue weighted by molar-refractivity contribution is -0.134. The van der Waals surface area contributed by atoms with Crippen molar-refractivity contribution in [1.29, 1.82) is 0 Å². The number of likely N-dealkylation sites (N-methyl/N-ethyl adjacent to an activating group) is 1. The van der Waals surface area contributed by atoms with Crippen LogP contribution in [0.1, 0.15) is 20.3 Å². The lowest BCUT2D eigenvalue weighted by Gasteiger charge is -2.33. The fraction of sp³-hybridized carbons (Fsp3) is 0.750. The maximum atomic E-state index is 12.0. The fourth-order valence-corrected chi connectivity index (χ4v) is 1.90. The molecule has 1 amide bonds. The highest BCUT2D eigenvalue weighted by Crippen LogP contribution is 2.09. The van der Waals surface area contributed by atoms with Gasteiger partial charge in [-0.15, -0.1) is 0 Å². The third kappa shape index (κ3) is 3.61. The Balaban J connectivity index is 2.53. The summed E-state index contributed by atoms with van der Waals surface area (Å²) < 4.78 is 5.56. The van der Waals surface area contributed by atoms with Gasteiger partial charge in [-0.3, -0.25) is 4.79 Å². The van der Waals surface area contributed by atoms with E-state index < -0.39 is 0 Å². The van der Waals surface area contributed by atoms with Crippen LogP contribution in [-0.2, 0) is 9.53 Å². The van der Waals surface area contributed by atoms with Crippen molar-refractivity contribution in [3.8, 4) is 0 Å². The van der Waals surface area contributed by atoms with Crippen LogP contribution in [0.15, 0.2) is 11.6 Å². The highest BCUT2D eigenvalue weighted by atomic mass is 16.5. The first-order valence-electron chi connectivity index (χ1n) is 5.91. The van der Waals surface area contributed by atoms with Gasteiger partial charge >= 0.3 is 0 Å². The first kappa shape index (κ1) is 13.2. The predicted octanol–water partition coefficient (Wildman–Crippen LogP) is 0.790. The third-order valence-corrected chi connectivity index (χ3v) is 2.71. The second kappa shape index (κ2) is 6.66. The van der Waals surface area contributed by atoms with Crippen LogP contribution >= 0.6 is 0 Å². The predicted molar refractivity (Wildman–Crippen MR) is 64.3 cm³/mol. The molecular weight excluding hydrogens is 204 g/mol. The largest absolute Gasteiger partial charge is 0.373 e. The van der Waals surface area contributed by atoms with E-state index in [0.29, 0.717) is 19.7 Å². The summed E-state index contributed by atoms with van der Waals surface area (Å²) in [6, 6.07) is 0. The summed E-state index contributed by atoms with van der Waals surface area (Å²) in [6.45, 7) is 6.74. The van der Waals surface area contributed by atoms with Gasteiger partial charge in [-0.25, -0.2) is 0 Å². The van der Waals surface area contributed by atoms with E-state index in [9.17, 15) is 4.79 Å². The minimum Gasteiger partial charge on any atom is -0.373 e. The second-order valence-corrected chi connectivity index (χ2v) is 4.10. The first-order valence-corrected chi connectivity index (χ1v) is 5.91. The van der Waals surface area contributed by atoms with Crippen molar-refractivity contribution in [3.63, 3.8) is 0 Å². The van der Waals surface area contributed by atoms with E-state index in [1.165, 1.54) is 0 Å². The maximum absolute atomic E-state index is 12.0. The van der Waals surface area contributed by atoms with Crippen LogP contribution in [0.4, 0.5) is 0 Å². The average Bonchev–Trinajstić information content (AvgIpc) is 2.29. The summed E-state index contributed by atoms with van der Waals surface area (Å²) in [5.41, 5.74) is 0.840. The maximum Gasteiger partial charge on any atom is 0.249 e. The molecule has 0 radical (unpaired) electrons. The molecule has 0 aliphatic carbocycles. The van der Waals surface area contributed by atoms with Crippen molar-refractivity contribution in [1.82, 2.24) is 10.2 Å². The Kier molecular flexibility index (Phi) is 5.49. The molecule has 1 N–H and O–H groups in total. The molecule has 0 aromatic heterocycles. The number of amides is 1. The van der Waals surface area contributed by atoms with E-state index in [2.05, 4.69) is 5.32 Å². The summed E-state index contributed by atoms with van der Waals surface area (Å²) in [5.74, 6) is 0.145. The lowest BCUT2D eigenvalue weighted by atomic mass is 10.2. The van der Waals surface area contributed by atoms with Crippen molar-refractivity contribution in [2.45, 2.75) is 26.4 Å². The lowest BCUT2D eigenvalue weighted by Crippen LogP contribution is -2.48. The summed E-state index contributed by atoms with van der Waals surface area (Å²) in [7, 11) is 1.90. The number of carbonyl (C=O) groups is 1. The highest BCUT2D eigenvalue weighted by Gasteiger charge is 2.24. The van der Waals surface area contributed by atoms with Crippen LogP contribution in [0.2, 0.25) is 0 Å². The number of nitrogens with zero attached hydrogens (tertiary/aromatic N) is 1. The van der Waals surface area contributed by atoms with Crippen molar-refractivity contribution >= 4 is 5.91 Å². The number of hydrogen-bond donors (Lipinski definition) is 1. The summed E-state index contributed by atoms with van der Waals surface area (Å²) in [6.07, 6.45) is 3.00. The van der Waals surface area contributed by atoms with Crippen LogP contribution in [0.3, 0.4) is 0 Å². The van der Waals surface area contributed by atoms with Crippen molar-refractivity contribution in [3.05, 3.63) is 11.6 Å². The Morgan fingerprint density at radius 3 is 3.00 bits per heavy atom. The van der Waals surface area contributed by atoms with Crippen LogP contribution in [0.25, 0.3) is 0 Å². The number of ether oxygens (including phenoxy) is 1. The molecule has 1 atom stereocenters. The Morgan fingerprint density at radius 1 is 1.62 bits per heavy atom. The molecule has 1 aliphatic rings. The first-order chi connectivity index (χ1) is 7.69. The van der Waals surface area contributed by atoms with Crippen LogP contribution in [-0.4, -0.2) is 50.2 Å². The van der Waals surface area contributed by atoms with E-state index in [1.807, 2.05) is 31.9 Å². The van der Waals surface area contributed by atoms with E-state index >= 15 is 0 Å². The molecule has 1 saturated heterocycles. The summed E-state index contributed by atoms with van der Waals surface area (Å²) >= 11 is 0. The topological polar surface area (TPSA) is 41.6 Å². The highest BCUT2D eigenvalue weighted by molar-refractivity contribution is 5.92. The number of nitrogens with one attached hydrogen (secondary N) is 1. The van der Waals surface area contributed by atoms with E-state index in [-0.39, 0.29) is 12.0 Å². The molecule has 4 nitrogen and oxygen atoms in total. The van der Waals surface area contributed by atoms with Gasteiger partial charge in [0.25, 0.3) is 0 Å². The molecule has 1 rings (SSSR count). The van der Waals surface area contributed by atoms with Gasteiger partial charge in [-0.05, 0) is 20.4 Å². The summed E-state index contributed by atoms with van der Waals surface area (Å²) in [4.78, 5) is 13.9. The zero-order valence-corrected chi connectivity index (χ0v) is 10.5. The average molecular weight is 226 g/mol. The van der Waals surface area contributed by atoms with Crippen LogP contribution in [0.5, 0.6) is 0 Å². The molecule has 0 aromatic carbocycles. The third-order valence-electron chi connectivity index (χ3n) is 2.71. The van der Waals surface area contributed by atoms with E-state index in [0.717, 1.165) is 18.5 Å². The van der Waals surface area contributed by atoms with Gasteiger partial charge in [0.2, 0.25) is 5.91 Å². The molecule has 1 heterocycles. The van der Waals surface area contributed by atoms with E-state index in [4.69, 9.17) is 4.74 Å². The molecular formula is C12H22N2O2. The molecule has 0 bridgehead atoms. The minimum absolute atomic E-state index is 0.122. The molecule has 1 aliphatic heterocycles. The van der Waals surface area contributed by atoms with Gasteiger partial charge in [0, 0.05) is 25.2 Å². The van der Waals surface area contributed by atoms with Gasteiger partial charge in [0.05, 0.1) is 12.7 Å². The van der Waals surface area contributed by atoms with Gasteiger partial charge in [-0.2, -0.15) is 0 Å². The Hall–Kier alpha value is -0.870. The van der Waals surface area contributed by atoms with Crippen molar-refractivity contribution < 1.29 is 9.53 Å². The Labute approximate surface area is 97.6 Å². The molecule has 1 fully saturated rings. The molecule has 16 heavy (non-hydrogen) atoms. The number of carbonyl (C=O) groups excluding carboxylic acids is 1. The number of hydrogen-bond acceptors (Lipinski definition) is 3. The summed E-state index contributed by atoms with van der Waals surface area (Å²) in [5, 5.41) is 3.07. The normalized spacial score (nSPS) is 22.3. The van der Waals surface area contributed by atoms with Gasteiger partial charge in [-0.1, -0.05) is 13.0 Å². The monoisotopic (exact) mass is 226 g/mol. The standard InChI is InChI=1S/C12H22N2O2/c1-4-5-10(2)12(15)14-6-7-16-11(9-14)8-13-3/h5,11,13H,4,6-9H2,1-3H3/b10-5-. The molecule has 0 spiro atoms. The van der Waals surface area contributed by atoms with Crippen LogP contribution < -0.4 is 5.32 Å². The van der Waals surface area contributed by atoms with E-state index in [1.54, 1.807) is 0 Å². The SMILES string of the molecule is CC/C=C(/C)C(=O)N1CCOC(CNC)C1. The quantitative estimate of drug-likeness (QED) is 0.721. The minimum atomic E-state index is 0.122. The number of morpholine rings is 1. The number of rotatable bonds is 4.